The number of hydrogen-bond acceptors (Lipinski definition) is 6. The molecule has 124 valence electrons. The van der Waals surface area contributed by atoms with E-state index in [0.29, 0.717) is 5.82 Å². The Morgan fingerprint density at radius 1 is 1.29 bits per heavy atom. The number of hydrogen-bond donors (Lipinski definition) is 1. The minimum Gasteiger partial charge on any atom is -0.357 e. The van der Waals surface area contributed by atoms with E-state index in [0.717, 1.165) is 31.7 Å². The maximum absolute atomic E-state index is 12.1. The van der Waals surface area contributed by atoms with Crippen molar-refractivity contribution in [2.45, 2.75) is 19.4 Å². The molecule has 8 heteroatoms. The normalized spacial score (nSPS) is 13.8. The van der Waals surface area contributed by atoms with Crippen LogP contribution in [0.1, 0.15) is 29.0 Å². The summed E-state index contributed by atoms with van der Waals surface area (Å²) in [5.41, 5.74) is 0.120. The lowest BCUT2D eigenvalue weighted by Gasteiger charge is -2.16. The van der Waals surface area contributed by atoms with Crippen LogP contribution in [-0.2, 0) is 6.54 Å². The third-order valence-corrected chi connectivity index (χ3v) is 3.85. The maximum Gasteiger partial charge on any atom is 0.270 e. The van der Waals surface area contributed by atoms with Crippen molar-refractivity contribution in [2.75, 3.05) is 18.0 Å². The van der Waals surface area contributed by atoms with Crippen molar-refractivity contribution in [3.8, 4) is 0 Å². The topological polar surface area (TPSA) is 101 Å². The number of nitro benzene ring substituents is 1. The minimum absolute atomic E-state index is 0.116. The van der Waals surface area contributed by atoms with Crippen molar-refractivity contribution >= 4 is 17.4 Å². The molecule has 0 atom stereocenters. The highest BCUT2D eigenvalue weighted by molar-refractivity contribution is 5.94. The van der Waals surface area contributed by atoms with Crippen LogP contribution in [0.3, 0.4) is 0 Å². The highest BCUT2D eigenvalue weighted by atomic mass is 16.6. The van der Waals surface area contributed by atoms with Crippen molar-refractivity contribution in [3.63, 3.8) is 0 Å². The standard InChI is InChI=1S/C16H17N5O3/c22-16(12-4-3-5-13(10-12)21(23)24)18-11-14-17-7-6-15(19-14)20-8-1-2-9-20/h3-7,10H,1-2,8-9,11H2,(H,18,22). The van der Waals surface area contributed by atoms with Crippen molar-refractivity contribution in [1.82, 2.24) is 15.3 Å². The Balaban J connectivity index is 1.65. The summed E-state index contributed by atoms with van der Waals surface area (Å²) in [6.45, 7) is 2.14. The van der Waals surface area contributed by atoms with Crippen LogP contribution in [0.25, 0.3) is 0 Å². The van der Waals surface area contributed by atoms with Crippen LogP contribution in [0.4, 0.5) is 11.5 Å². The quantitative estimate of drug-likeness (QED) is 0.665. The summed E-state index contributed by atoms with van der Waals surface area (Å²) in [5, 5.41) is 13.5. The molecule has 8 nitrogen and oxygen atoms in total. The molecule has 2 aromatic rings. The van der Waals surface area contributed by atoms with Gasteiger partial charge in [-0.05, 0) is 25.0 Å². The number of non-ortho nitro benzene ring substituents is 1. The fraction of sp³-hybridized carbons (Fsp3) is 0.312. The molecule has 1 fully saturated rings. The molecule has 0 spiro atoms. The van der Waals surface area contributed by atoms with E-state index in [4.69, 9.17) is 0 Å². The van der Waals surface area contributed by atoms with E-state index in [9.17, 15) is 14.9 Å². The first-order valence-corrected chi connectivity index (χ1v) is 7.73. The zero-order valence-electron chi connectivity index (χ0n) is 13.0. The van der Waals surface area contributed by atoms with Gasteiger partial charge in [0, 0.05) is 37.0 Å². The number of nitrogens with zero attached hydrogens (tertiary/aromatic N) is 4. The fourth-order valence-corrected chi connectivity index (χ4v) is 2.62. The van der Waals surface area contributed by atoms with E-state index in [1.165, 1.54) is 24.3 Å². The number of carbonyl (C=O) groups excluding carboxylic acids is 1. The second-order valence-corrected chi connectivity index (χ2v) is 5.52. The van der Waals surface area contributed by atoms with Gasteiger partial charge in [0.15, 0.2) is 0 Å². The molecule has 2 heterocycles. The van der Waals surface area contributed by atoms with Gasteiger partial charge in [0.2, 0.25) is 0 Å². The number of benzene rings is 1. The Morgan fingerprint density at radius 3 is 2.83 bits per heavy atom. The zero-order valence-corrected chi connectivity index (χ0v) is 13.0. The molecular weight excluding hydrogens is 310 g/mol. The largest absolute Gasteiger partial charge is 0.357 e. The molecule has 1 N–H and O–H groups in total. The van der Waals surface area contributed by atoms with E-state index in [1.807, 2.05) is 6.07 Å². The molecule has 0 bridgehead atoms. The van der Waals surface area contributed by atoms with Gasteiger partial charge in [-0.15, -0.1) is 0 Å². The lowest BCUT2D eigenvalue weighted by atomic mass is 10.2. The second kappa shape index (κ2) is 7.03. The summed E-state index contributed by atoms with van der Waals surface area (Å²) in [7, 11) is 0. The number of nitrogens with one attached hydrogen (secondary N) is 1. The van der Waals surface area contributed by atoms with E-state index in [2.05, 4.69) is 20.2 Å². The summed E-state index contributed by atoms with van der Waals surface area (Å²) in [6, 6.07) is 7.47. The van der Waals surface area contributed by atoms with Crippen LogP contribution in [0.15, 0.2) is 36.5 Å². The summed E-state index contributed by atoms with van der Waals surface area (Å²) in [6.07, 6.45) is 3.99. The number of amides is 1. The molecule has 1 saturated heterocycles. The number of carbonyl (C=O) groups is 1. The number of anilines is 1. The monoisotopic (exact) mass is 327 g/mol. The van der Waals surface area contributed by atoms with Gasteiger partial charge in [0.1, 0.15) is 11.6 Å². The first kappa shape index (κ1) is 15.9. The predicted octanol–water partition coefficient (Wildman–Crippen LogP) is 1.91. The minimum atomic E-state index is -0.528. The Labute approximate surface area is 138 Å². The molecule has 1 amide bonds. The molecule has 0 unspecified atom stereocenters. The smallest absolute Gasteiger partial charge is 0.270 e. The van der Waals surface area contributed by atoms with Crippen molar-refractivity contribution in [2.24, 2.45) is 0 Å². The van der Waals surface area contributed by atoms with Gasteiger partial charge in [0.05, 0.1) is 11.5 Å². The molecule has 1 aromatic heterocycles. The first-order chi connectivity index (χ1) is 11.6. The lowest BCUT2D eigenvalue weighted by Crippen LogP contribution is -2.25. The molecule has 0 aliphatic carbocycles. The van der Waals surface area contributed by atoms with E-state index in [-0.39, 0.29) is 17.8 Å². The van der Waals surface area contributed by atoms with Crippen molar-refractivity contribution in [3.05, 3.63) is 58.0 Å². The third-order valence-electron chi connectivity index (χ3n) is 3.85. The van der Waals surface area contributed by atoms with Crippen LogP contribution < -0.4 is 10.2 Å². The van der Waals surface area contributed by atoms with Crippen LogP contribution in [-0.4, -0.2) is 33.9 Å². The van der Waals surface area contributed by atoms with Gasteiger partial charge in [-0.2, -0.15) is 0 Å². The molecule has 3 rings (SSSR count). The fourth-order valence-electron chi connectivity index (χ4n) is 2.62. The van der Waals surface area contributed by atoms with Crippen LogP contribution in [0, 0.1) is 10.1 Å². The van der Waals surface area contributed by atoms with E-state index < -0.39 is 10.8 Å². The molecule has 1 aliphatic rings. The Hall–Kier alpha value is -3.03. The predicted molar refractivity (Wildman–Crippen MR) is 87.7 cm³/mol. The SMILES string of the molecule is O=C(NCc1nccc(N2CCCC2)n1)c1cccc([N+](=O)[O-])c1. The zero-order chi connectivity index (χ0) is 16.9. The van der Waals surface area contributed by atoms with Gasteiger partial charge in [0.25, 0.3) is 11.6 Å². The van der Waals surface area contributed by atoms with Crippen LogP contribution in [0.5, 0.6) is 0 Å². The molecular formula is C16H17N5O3. The molecule has 1 aromatic carbocycles. The third kappa shape index (κ3) is 3.65. The molecule has 0 radical (unpaired) electrons. The van der Waals surface area contributed by atoms with E-state index >= 15 is 0 Å². The van der Waals surface area contributed by atoms with Gasteiger partial charge >= 0.3 is 0 Å². The van der Waals surface area contributed by atoms with Gasteiger partial charge in [-0.25, -0.2) is 9.97 Å². The maximum atomic E-state index is 12.1. The molecule has 1 aliphatic heterocycles. The second-order valence-electron chi connectivity index (χ2n) is 5.52. The number of rotatable bonds is 5. The van der Waals surface area contributed by atoms with Crippen LogP contribution >= 0.6 is 0 Å². The summed E-state index contributed by atoms with van der Waals surface area (Å²) in [5.74, 6) is 0.981. The summed E-state index contributed by atoms with van der Waals surface area (Å²) in [4.78, 5) is 33.2. The van der Waals surface area contributed by atoms with Crippen LogP contribution in [0.2, 0.25) is 0 Å². The lowest BCUT2D eigenvalue weighted by molar-refractivity contribution is -0.384. The highest BCUT2D eigenvalue weighted by Gasteiger charge is 2.15. The average Bonchev–Trinajstić information content (AvgIpc) is 3.15. The number of aromatic nitrogens is 2. The molecule has 0 saturated carbocycles. The Bertz CT molecular complexity index is 759. The van der Waals surface area contributed by atoms with Gasteiger partial charge in [-0.3, -0.25) is 14.9 Å². The average molecular weight is 327 g/mol. The highest BCUT2D eigenvalue weighted by Crippen LogP contribution is 2.17. The molecule has 24 heavy (non-hydrogen) atoms. The Morgan fingerprint density at radius 2 is 2.08 bits per heavy atom. The van der Waals surface area contributed by atoms with E-state index in [1.54, 1.807) is 6.20 Å². The van der Waals surface area contributed by atoms with Crippen molar-refractivity contribution < 1.29 is 9.72 Å². The summed E-state index contributed by atoms with van der Waals surface area (Å²) < 4.78 is 0. The first-order valence-electron chi connectivity index (χ1n) is 7.73. The van der Waals surface area contributed by atoms with Gasteiger partial charge < -0.3 is 10.2 Å². The van der Waals surface area contributed by atoms with Crippen molar-refractivity contribution in [1.29, 1.82) is 0 Å². The summed E-state index contributed by atoms with van der Waals surface area (Å²) >= 11 is 0. The number of nitro groups is 1. The Kier molecular flexibility index (Phi) is 4.64. The van der Waals surface area contributed by atoms with Gasteiger partial charge in [-0.1, -0.05) is 6.07 Å².